The Kier molecular flexibility index (Phi) is 6.51. The molecule has 6 heteroatoms. The highest BCUT2D eigenvalue weighted by atomic mass is 32.2. The molecule has 0 radical (unpaired) electrons. The van der Waals surface area contributed by atoms with Crippen LogP contribution in [0.3, 0.4) is 0 Å². The molecule has 2 N–H and O–H groups in total. The first-order valence-corrected chi connectivity index (χ1v) is 8.69. The number of nitrogens with one attached hydrogen (secondary N) is 2. The van der Waals surface area contributed by atoms with Crippen molar-refractivity contribution in [2.45, 2.75) is 38.0 Å². The van der Waals surface area contributed by atoms with Crippen LogP contribution in [0.25, 0.3) is 0 Å². The minimum absolute atomic E-state index is 0.220. The van der Waals surface area contributed by atoms with Gasteiger partial charge in [-0.2, -0.15) is 11.8 Å². The van der Waals surface area contributed by atoms with Crippen LogP contribution in [0.5, 0.6) is 0 Å². The fourth-order valence-corrected chi connectivity index (χ4v) is 3.76. The van der Waals surface area contributed by atoms with Crippen molar-refractivity contribution >= 4 is 17.8 Å². The molecule has 0 bridgehead atoms. The minimum atomic E-state index is -0.520. The fraction of sp³-hybridized carbons (Fsp3) is 0.562. The zero-order valence-corrected chi connectivity index (χ0v) is 13.8. The van der Waals surface area contributed by atoms with Gasteiger partial charge in [-0.15, -0.1) is 0 Å². The van der Waals surface area contributed by atoms with E-state index < -0.39 is 6.10 Å². The molecular weight excluding hydrogens is 303 g/mol. The molecule has 22 heavy (non-hydrogen) atoms. The summed E-state index contributed by atoms with van der Waals surface area (Å²) in [4.78, 5) is 12.1. The summed E-state index contributed by atoms with van der Waals surface area (Å²) in [5, 5.41) is 5.84. The third kappa shape index (κ3) is 4.61. The zero-order chi connectivity index (χ0) is 15.9. The van der Waals surface area contributed by atoms with E-state index in [1.54, 1.807) is 18.2 Å². The highest BCUT2D eigenvalue weighted by Gasteiger charge is 2.24. The second-order valence-electron chi connectivity index (χ2n) is 5.47. The van der Waals surface area contributed by atoms with Crippen LogP contribution in [0.1, 0.15) is 31.4 Å². The van der Waals surface area contributed by atoms with Gasteiger partial charge in [0.25, 0.3) is 0 Å². The van der Waals surface area contributed by atoms with E-state index in [0.29, 0.717) is 5.56 Å². The number of halogens is 1. The molecular formula is C16H23FN2O2S. The van der Waals surface area contributed by atoms with E-state index in [2.05, 4.69) is 10.6 Å². The van der Waals surface area contributed by atoms with E-state index in [0.717, 1.165) is 24.3 Å². The van der Waals surface area contributed by atoms with Crippen LogP contribution in [-0.2, 0) is 4.74 Å². The number of hydrogen-bond acceptors (Lipinski definition) is 3. The Hall–Kier alpha value is -1.27. The van der Waals surface area contributed by atoms with Gasteiger partial charge in [-0.1, -0.05) is 18.2 Å². The number of carbonyl (C=O) groups excluding carboxylic acids is 1. The summed E-state index contributed by atoms with van der Waals surface area (Å²) < 4.78 is 19.3. The largest absolute Gasteiger partial charge is 0.375 e. The van der Waals surface area contributed by atoms with Gasteiger partial charge in [0.2, 0.25) is 0 Å². The first-order valence-electron chi connectivity index (χ1n) is 7.53. The molecule has 0 aliphatic carbocycles. The molecule has 1 aromatic carbocycles. The number of urea groups is 1. The maximum absolute atomic E-state index is 13.9. The molecule has 1 fully saturated rings. The Labute approximate surface area is 135 Å². The number of rotatable bonds is 5. The van der Waals surface area contributed by atoms with Crippen molar-refractivity contribution in [3.05, 3.63) is 35.6 Å². The van der Waals surface area contributed by atoms with Crippen LogP contribution in [-0.4, -0.2) is 36.7 Å². The van der Waals surface area contributed by atoms with Crippen molar-refractivity contribution in [2.24, 2.45) is 0 Å². The standard InChI is InChI=1S/C16H23FN2O2S/c1-11(15(21-2)13-5-3-4-6-14(13)17)18-16(20)19-12-7-9-22-10-8-12/h3-6,11-12,15H,7-10H2,1-2H3,(H2,18,19,20)/t11-,15+/m0/s1. The average molecular weight is 326 g/mol. The summed E-state index contributed by atoms with van der Waals surface area (Å²) in [7, 11) is 1.52. The lowest BCUT2D eigenvalue weighted by Gasteiger charge is -2.27. The van der Waals surface area contributed by atoms with Gasteiger partial charge in [0, 0.05) is 18.7 Å². The predicted octanol–water partition coefficient (Wildman–Crippen LogP) is 3.10. The number of benzene rings is 1. The molecule has 1 aliphatic heterocycles. The first-order chi connectivity index (χ1) is 10.6. The van der Waals surface area contributed by atoms with Crippen molar-refractivity contribution in [3.8, 4) is 0 Å². The number of methoxy groups -OCH3 is 1. The minimum Gasteiger partial charge on any atom is -0.375 e. The van der Waals surface area contributed by atoms with Crippen LogP contribution in [0.4, 0.5) is 9.18 Å². The quantitative estimate of drug-likeness (QED) is 0.874. The normalized spacial score (nSPS) is 18.5. The molecule has 4 nitrogen and oxygen atoms in total. The van der Waals surface area contributed by atoms with Crippen LogP contribution in [0, 0.1) is 5.82 Å². The summed E-state index contributed by atoms with van der Waals surface area (Å²) >= 11 is 1.91. The van der Waals surface area contributed by atoms with Crippen molar-refractivity contribution in [1.82, 2.24) is 10.6 Å². The molecule has 0 unspecified atom stereocenters. The van der Waals surface area contributed by atoms with Gasteiger partial charge in [-0.3, -0.25) is 0 Å². The Morgan fingerprint density at radius 1 is 1.36 bits per heavy atom. The van der Waals surface area contributed by atoms with Crippen LogP contribution >= 0.6 is 11.8 Å². The Bertz CT molecular complexity index is 495. The van der Waals surface area contributed by atoms with E-state index in [4.69, 9.17) is 4.74 Å². The second kappa shape index (κ2) is 8.39. The van der Waals surface area contributed by atoms with E-state index in [1.165, 1.54) is 13.2 Å². The lowest BCUT2D eigenvalue weighted by Crippen LogP contribution is -2.48. The molecule has 1 aliphatic rings. The summed E-state index contributed by atoms with van der Waals surface area (Å²) in [6.07, 6.45) is 1.47. The third-order valence-electron chi connectivity index (χ3n) is 3.84. The molecule has 1 saturated heterocycles. The smallest absolute Gasteiger partial charge is 0.315 e. The molecule has 122 valence electrons. The van der Waals surface area contributed by atoms with Gasteiger partial charge in [-0.05, 0) is 37.3 Å². The highest BCUT2D eigenvalue weighted by Crippen LogP contribution is 2.23. The highest BCUT2D eigenvalue weighted by molar-refractivity contribution is 7.99. The lowest BCUT2D eigenvalue weighted by molar-refractivity contribution is 0.0731. The predicted molar refractivity (Wildman–Crippen MR) is 87.6 cm³/mol. The van der Waals surface area contributed by atoms with E-state index in [-0.39, 0.29) is 23.9 Å². The number of ether oxygens (including phenoxy) is 1. The molecule has 1 heterocycles. The molecule has 1 aromatic rings. The maximum Gasteiger partial charge on any atom is 0.315 e. The van der Waals surface area contributed by atoms with Gasteiger partial charge in [-0.25, -0.2) is 9.18 Å². The van der Waals surface area contributed by atoms with Gasteiger partial charge in [0.1, 0.15) is 11.9 Å². The van der Waals surface area contributed by atoms with E-state index >= 15 is 0 Å². The summed E-state index contributed by atoms with van der Waals surface area (Å²) in [5.41, 5.74) is 0.451. The van der Waals surface area contributed by atoms with Crippen LogP contribution in [0.2, 0.25) is 0 Å². The molecule has 2 atom stereocenters. The lowest BCUT2D eigenvalue weighted by atomic mass is 10.0. The number of carbonyl (C=O) groups is 1. The van der Waals surface area contributed by atoms with Crippen LogP contribution < -0.4 is 10.6 Å². The SMILES string of the molecule is CO[C@@H](c1ccccc1F)[C@H](C)NC(=O)NC1CCSCC1. The Balaban J connectivity index is 1.92. The van der Waals surface area contributed by atoms with Crippen molar-refractivity contribution < 1.29 is 13.9 Å². The van der Waals surface area contributed by atoms with Crippen molar-refractivity contribution in [2.75, 3.05) is 18.6 Å². The Morgan fingerprint density at radius 2 is 2.05 bits per heavy atom. The third-order valence-corrected chi connectivity index (χ3v) is 4.88. The van der Waals surface area contributed by atoms with Gasteiger partial charge in [0.15, 0.2) is 0 Å². The first kappa shape index (κ1) is 17.1. The maximum atomic E-state index is 13.9. The van der Waals surface area contributed by atoms with Crippen molar-refractivity contribution in [1.29, 1.82) is 0 Å². The number of amides is 2. The summed E-state index contributed by atoms with van der Waals surface area (Å²) in [5.74, 6) is 1.83. The van der Waals surface area contributed by atoms with Gasteiger partial charge < -0.3 is 15.4 Å². The second-order valence-corrected chi connectivity index (χ2v) is 6.70. The average Bonchev–Trinajstić information content (AvgIpc) is 2.50. The number of hydrogen-bond donors (Lipinski definition) is 2. The molecule has 0 aromatic heterocycles. The summed E-state index contributed by atoms with van der Waals surface area (Å²) in [6.45, 7) is 1.82. The van der Waals surface area contributed by atoms with E-state index in [1.807, 2.05) is 18.7 Å². The Morgan fingerprint density at radius 3 is 2.68 bits per heavy atom. The summed E-state index contributed by atoms with van der Waals surface area (Å²) in [6, 6.07) is 6.14. The molecule has 2 rings (SSSR count). The van der Waals surface area contributed by atoms with Gasteiger partial charge >= 0.3 is 6.03 Å². The van der Waals surface area contributed by atoms with Crippen LogP contribution in [0.15, 0.2) is 24.3 Å². The fourth-order valence-electron chi connectivity index (χ4n) is 2.66. The topological polar surface area (TPSA) is 50.4 Å². The molecule has 0 saturated carbocycles. The number of thioether (sulfide) groups is 1. The van der Waals surface area contributed by atoms with Gasteiger partial charge in [0.05, 0.1) is 6.04 Å². The zero-order valence-electron chi connectivity index (χ0n) is 13.0. The monoisotopic (exact) mass is 326 g/mol. The van der Waals surface area contributed by atoms with E-state index in [9.17, 15) is 9.18 Å². The molecule has 2 amide bonds. The molecule has 0 spiro atoms. The van der Waals surface area contributed by atoms with Crippen molar-refractivity contribution in [3.63, 3.8) is 0 Å².